The SMILES string of the molecule is Cc1cccc2c(N3CCN(CCc4cc5c(s4)CCCC(=O)N5)CC3)csc12. The number of carbonyl (C=O) groups excluding carboxylic acids is 1. The minimum atomic E-state index is 0.167. The number of benzene rings is 1. The van der Waals surface area contributed by atoms with Crippen molar-refractivity contribution in [2.45, 2.75) is 32.6 Å². The summed E-state index contributed by atoms with van der Waals surface area (Å²) in [5.41, 5.74) is 3.85. The molecular weight excluding hydrogens is 398 g/mol. The second-order valence-electron chi connectivity index (χ2n) is 8.10. The molecule has 152 valence electrons. The molecule has 1 fully saturated rings. The van der Waals surface area contributed by atoms with E-state index in [1.165, 1.54) is 31.1 Å². The Balaban J connectivity index is 1.18. The topological polar surface area (TPSA) is 35.6 Å². The van der Waals surface area contributed by atoms with E-state index in [1.807, 2.05) is 22.7 Å². The average molecular weight is 426 g/mol. The zero-order valence-electron chi connectivity index (χ0n) is 16.9. The van der Waals surface area contributed by atoms with Crippen molar-refractivity contribution >= 4 is 50.0 Å². The lowest BCUT2D eigenvalue weighted by Crippen LogP contribution is -2.46. The first kappa shape index (κ1) is 19.1. The summed E-state index contributed by atoms with van der Waals surface area (Å²) in [5, 5.41) is 6.81. The van der Waals surface area contributed by atoms with Crippen molar-refractivity contribution in [3.8, 4) is 0 Å². The number of hydrogen-bond donors (Lipinski definition) is 1. The molecule has 6 heteroatoms. The van der Waals surface area contributed by atoms with E-state index in [0.29, 0.717) is 6.42 Å². The molecule has 0 radical (unpaired) electrons. The molecular formula is C23H27N3OS2. The van der Waals surface area contributed by atoms with E-state index in [1.54, 1.807) is 0 Å². The molecule has 29 heavy (non-hydrogen) atoms. The van der Waals surface area contributed by atoms with Crippen LogP contribution in [0.15, 0.2) is 29.6 Å². The second kappa shape index (κ2) is 8.09. The van der Waals surface area contributed by atoms with Gasteiger partial charge in [0, 0.05) is 64.4 Å². The smallest absolute Gasteiger partial charge is 0.224 e. The number of nitrogens with one attached hydrogen (secondary N) is 1. The van der Waals surface area contributed by atoms with E-state index in [0.717, 1.165) is 57.7 Å². The summed E-state index contributed by atoms with van der Waals surface area (Å²) >= 11 is 3.76. The van der Waals surface area contributed by atoms with E-state index in [2.05, 4.69) is 51.7 Å². The molecule has 1 aromatic carbocycles. The van der Waals surface area contributed by atoms with Crippen LogP contribution in [-0.4, -0.2) is 43.5 Å². The van der Waals surface area contributed by atoms with Crippen molar-refractivity contribution in [2.24, 2.45) is 0 Å². The first-order chi connectivity index (χ1) is 14.2. The number of piperazine rings is 1. The molecule has 1 N–H and O–H groups in total. The molecule has 2 aliphatic rings. The van der Waals surface area contributed by atoms with Gasteiger partial charge in [-0.3, -0.25) is 9.69 Å². The average Bonchev–Trinajstić information content (AvgIpc) is 3.28. The molecule has 4 nitrogen and oxygen atoms in total. The molecule has 0 atom stereocenters. The number of nitrogens with zero attached hydrogens (tertiary/aromatic N) is 2. The molecule has 5 rings (SSSR count). The Morgan fingerprint density at radius 3 is 2.86 bits per heavy atom. The van der Waals surface area contributed by atoms with Gasteiger partial charge in [-0.05, 0) is 37.8 Å². The van der Waals surface area contributed by atoms with E-state index >= 15 is 0 Å². The summed E-state index contributed by atoms with van der Waals surface area (Å²) in [6, 6.07) is 8.85. The Bertz CT molecular complexity index is 1030. The standard InChI is InChI=1S/C23H27N3OS2/c1-16-4-2-5-18-20(15-28-23(16)18)26-12-10-25(11-13-26)9-8-17-14-19-21(29-17)6-3-7-22(27)24-19/h2,4-5,14-15H,3,6-13H2,1H3,(H,24,27). The fourth-order valence-electron chi connectivity index (χ4n) is 4.44. The summed E-state index contributed by atoms with van der Waals surface area (Å²) < 4.78 is 1.43. The lowest BCUT2D eigenvalue weighted by atomic mass is 10.1. The highest BCUT2D eigenvalue weighted by Crippen LogP contribution is 2.35. The van der Waals surface area contributed by atoms with Gasteiger partial charge in [0.05, 0.1) is 11.4 Å². The van der Waals surface area contributed by atoms with Crippen molar-refractivity contribution in [3.05, 3.63) is 45.0 Å². The summed E-state index contributed by atoms with van der Waals surface area (Å²) in [7, 11) is 0. The van der Waals surface area contributed by atoms with Gasteiger partial charge in [0.25, 0.3) is 0 Å². The normalized spacial score (nSPS) is 18.0. The van der Waals surface area contributed by atoms with Gasteiger partial charge >= 0.3 is 0 Å². The van der Waals surface area contributed by atoms with Gasteiger partial charge in [-0.25, -0.2) is 0 Å². The summed E-state index contributed by atoms with van der Waals surface area (Å²) in [6.07, 6.45) is 3.73. The van der Waals surface area contributed by atoms with Crippen LogP contribution in [0.2, 0.25) is 0 Å². The third-order valence-electron chi connectivity index (χ3n) is 6.11. The maximum Gasteiger partial charge on any atom is 0.224 e. The third kappa shape index (κ3) is 3.93. The van der Waals surface area contributed by atoms with Gasteiger partial charge in [0.15, 0.2) is 0 Å². The molecule has 4 heterocycles. The number of fused-ring (bicyclic) bond motifs is 2. The molecule has 0 saturated carbocycles. The van der Waals surface area contributed by atoms with Crippen LogP contribution in [0.1, 0.15) is 28.2 Å². The van der Waals surface area contributed by atoms with Crippen molar-refractivity contribution in [1.82, 2.24) is 4.90 Å². The maximum atomic E-state index is 11.8. The lowest BCUT2D eigenvalue weighted by Gasteiger charge is -2.35. The van der Waals surface area contributed by atoms with Crippen LogP contribution >= 0.6 is 22.7 Å². The van der Waals surface area contributed by atoms with Crippen LogP contribution < -0.4 is 10.2 Å². The Morgan fingerprint density at radius 1 is 1.14 bits per heavy atom. The Labute approximate surface area is 180 Å². The minimum Gasteiger partial charge on any atom is -0.368 e. The van der Waals surface area contributed by atoms with Gasteiger partial charge in [0.1, 0.15) is 0 Å². The van der Waals surface area contributed by atoms with E-state index in [4.69, 9.17) is 0 Å². The van der Waals surface area contributed by atoms with Gasteiger partial charge in [0.2, 0.25) is 5.91 Å². The zero-order valence-corrected chi connectivity index (χ0v) is 18.5. The molecule has 3 aromatic rings. The van der Waals surface area contributed by atoms with Crippen LogP contribution in [0.25, 0.3) is 10.1 Å². The van der Waals surface area contributed by atoms with Crippen molar-refractivity contribution in [3.63, 3.8) is 0 Å². The fraction of sp³-hybridized carbons (Fsp3) is 0.435. The number of carbonyl (C=O) groups is 1. The first-order valence-corrected chi connectivity index (χ1v) is 12.2. The van der Waals surface area contributed by atoms with Crippen LogP contribution in [-0.2, 0) is 17.6 Å². The van der Waals surface area contributed by atoms with Gasteiger partial charge in [-0.1, -0.05) is 18.2 Å². The molecule has 1 amide bonds. The number of thiophene rings is 2. The zero-order chi connectivity index (χ0) is 19.8. The van der Waals surface area contributed by atoms with E-state index < -0.39 is 0 Å². The Hall–Kier alpha value is -1.89. The lowest BCUT2D eigenvalue weighted by molar-refractivity contribution is -0.116. The quantitative estimate of drug-likeness (QED) is 0.645. The third-order valence-corrected chi connectivity index (χ3v) is 8.48. The summed E-state index contributed by atoms with van der Waals surface area (Å²) in [4.78, 5) is 19.7. The molecule has 2 aromatic heterocycles. The second-order valence-corrected chi connectivity index (χ2v) is 10.2. The number of hydrogen-bond acceptors (Lipinski definition) is 5. The highest BCUT2D eigenvalue weighted by atomic mass is 32.1. The molecule has 0 bridgehead atoms. The number of aryl methyl sites for hydroxylation is 2. The largest absolute Gasteiger partial charge is 0.368 e. The van der Waals surface area contributed by atoms with E-state index in [-0.39, 0.29) is 5.91 Å². The van der Waals surface area contributed by atoms with Crippen molar-refractivity contribution in [2.75, 3.05) is 42.9 Å². The Morgan fingerprint density at radius 2 is 2.00 bits per heavy atom. The monoisotopic (exact) mass is 425 g/mol. The van der Waals surface area contributed by atoms with Gasteiger partial charge in [-0.2, -0.15) is 0 Å². The maximum absolute atomic E-state index is 11.8. The van der Waals surface area contributed by atoms with Gasteiger partial charge in [-0.15, -0.1) is 22.7 Å². The van der Waals surface area contributed by atoms with Crippen LogP contribution in [0.3, 0.4) is 0 Å². The van der Waals surface area contributed by atoms with E-state index in [9.17, 15) is 4.79 Å². The predicted molar refractivity (Wildman–Crippen MR) is 125 cm³/mol. The number of rotatable bonds is 4. The minimum absolute atomic E-state index is 0.167. The molecule has 0 spiro atoms. The molecule has 2 aliphatic heterocycles. The number of anilines is 2. The number of amides is 1. The van der Waals surface area contributed by atoms with Crippen molar-refractivity contribution < 1.29 is 4.79 Å². The highest BCUT2D eigenvalue weighted by Gasteiger charge is 2.21. The summed E-state index contributed by atoms with van der Waals surface area (Å²) in [5.74, 6) is 0.167. The van der Waals surface area contributed by atoms with Crippen LogP contribution in [0.5, 0.6) is 0 Å². The first-order valence-electron chi connectivity index (χ1n) is 10.5. The van der Waals surface area contributed by atoms with Crippen molar-refractivity contribution in [1.29, 1.82) is 0 Å². The molecule has 1 saturated heterocycles. The fourth-order valence-corrected chi connectivity index (χ4v) is 6.65. The van der Waals surface area contributed by atoms with Crippen LogP contribution in [0.4, 0.5) is 11.4 Å². The molecule has 0 aliphatic carbocycles. The summed E-state index contributed by atoms with van der Waals surface area (Å²) in [6.45, 7) is 7.73. The highest BCUT2D eigenvalue weighted by molar-refractivity contribution is 7.18. The Kier molecular flexibility index (Phi) is 5.33. The van der Waals surface area contributed by atoms with Gasteiger partial charge < -0.3 is 10.2 Å². The predicted octanol–water partition coefficient (Wildman–Crippen LogP) is 4.91. The molecule has 0 unspecified atom stereocenters. The van der Waals surface area contributed by atoms with Crippen LogP contribution in [0, 0.1) is 6.92 Å².